The summed E-state index contributed by atoms with van der Waals surface area (Å²) in [6.45, 7) is 7.75. The molecule has 2 aromatic heterocycles. The van der Waals surface area contributed by atoms with Gasteiger partial charge in [0.1, 0.15) is 5.75 Å². The Bertz CT molecular complexity index is 1610. The molecular formula is C28H27ClN2O5. The first-order chi connectivity index (χ1) is 17.0. The van der Waals surface area contributed by atoms with Gasteiger partial charge in [-0.1, -0.05) is 23.7 Å². The van der Waals surface area contributed by atoms with Crippen molar-refractivity contribution in [2.24, 2.45) is 7.05 Å². The van der Waals surface area contributed by atoms with E-state index in [1.807, 2.05) is 37.3 Å². The lowest BCUT2D eigenvalue weighted by Crippen LogP contribution is -2.33. The Labute approximate surface area is 213 Å². The molecule has 5 rings (SSSR count). The summed E-state index contributed by atoms with van der Waals surface area (Å²) in [5, 5.41) is 12.4. The Morgan fingerprint density at radius 1 is 1.19 bits per heavy atom. The topological polar surface area (TPSA) is 90.7 Å². The van der Waals surface area contributed by atoms with Gasteiger partial charge in [0.15, 0.2) is 6.10 Å². The first-order valence-electron chi connectivity index (χ1n) is 11.8. The van der Waals surface area contributed by atoms with Crippen molar-refractivity contribution in [2.75, 3.05) is 6.61 Å². The number of fused-ring (bicyclic) bond motifs is 1. The molecule has 0 bridgehead atoms. The highest BCUT2D eigenvalue weighted by atomic mass is 35.5. The fraction of sp³-hybridized carbons (Fsp3) is 0.321. The second-order valence-corrected chi connectivity index (χ2v) is 10.5. The van der Waals surface area contributed by atoms with E-state index in [4.69, 9.17) is 26.1 Å². The molecule has 0 radical (unpaired) electrons. The van der Waals surface area contributed by atoms with E-state index in [-0.39, 0.29) is 11.3 Å². The molecule has 0 spiro atoms. The van der Waals surface area contributed by atoms with Crippen LogP contribution in [0.25, 0.3) is 32.8 Å². The molecule has 1 aliphatic rings. The number of aromatic nitrogens is 2. The maximum absolute atomic E-state index is 13.6. The Kier molecular flexibility index (Phi) is 5.80. The van der Waals surface area contributed by atoms with E-state index < -0.39 is 17.7 Å². The summed E-state index contributed by atoms with van der Waals surface area (Å²) in [7, 11) is 1.56. The van der Waals surface area contributed by atoms with Gasteiger partial charge in [-0.05, 0) is 62.4 Å². The van der Waals surface area contributed by atoms with Crippen molar-refractivity contribution in [3.8, 4) is 16.9 Å². The number of rotatable bonds is 4. The maximum atomic E-state index is 13.6. The van der Waals surface area contributed by atoms with Gasteiger partial charge in [-0.25, -0.2) is 4.79 Å². The van der Waals surface area contributed by atoms with Gasteiger partial charge in [-0.2, -0.15) is 0 Å². The number of carbonyl (C=O) groups is 1. The van der Waals surface area contributed by atoms with Gasteiger partial charge in [0, 0.05) is 36.2 Å². The summed E-state index contributed by atoms with van der Waals surface area (Å²) in [5.41, 5.74) is 2.81. The second-order valence-electron chi connectivity index (χ2n) is 10.1. The van der Waals surface area contributed by atoms with E-state index >= 15 is 0 Å². The molecular weight excluding hydrogens is 480 g/mol. The van der Waals surface area contributed by atoms with E-state index in [2.05, 4.69) is 0 Å². The zero-order valence-corrected chi connectivity index (χ0v) is 21.6. The van der Waals surface area contributed by atoms with Crippen LogP contribution in [0, 0.1) is 6.92 Å². The second kappa shape index (κ2) is 8.61. The molecule has 1 aliphatic heterocycles. The van der Waals surface area contributed by atoms with Gasteiger partial charge in [0.05, 0.1) is 33.8 Å². The summed E-state index contributed by atoms with van der Waals surface area (Å²) >= 11 is 6.67. The lowest BCUT2D eigenvalue weighted by atomic mass is 9.90. The number of pyridine rings is 2. The maximum Gasteiger partial charge on any atom is 0.339 e. The molecule has 1 N–H and O–H groups in total. The minimum Gasteiger partial charge on any atom is -0.493 e. The Hall–Kier alpha value is -3.42. The number of halogens is 1. The fourth-order valence-electron chi connectivity index (χ4n) is 4.95. The average Bonchev–Trinajstić information content (AvgIpc) is 2.82. The standard InChI is InChI=1S/C28H27ClN2O5/c1-14-6-7-16-20(17-8-9-18-19-15(11-13-35-18)10-12-30-23(17)19)24(25(27(33)34)36-28(2,3)4)31(5)26(32)21(16)22(14)29/h6-10,12,25H,11,13H2,1-5H3,(H,33,34)/t25-/m1/s1. The van der Waals surface area contributed by atoms with Gasteiger partial charge in [-0.15, -0.1) is 0 Å². The molecule has 0 saturated heterocycles. The third kappa shape index (κ3) is 3.83. The number of hydrogen-bond acceptors (Lipinski definition) is 5. The van der Waals surface area contributed by atoms with Gasteiger partial charge in [-0.3, -0.25) is 9.78 Å². The minimum absolute atomic E-state index is 0.231. The van der Waals surface area contributed by atoms with Crippen LogP contribution in [-0.2, 0) is 23.0 Å². The monoisotopic (exact) mass is 506 g/mol. The molecule has 0 amide bonds. The molecule has 4 aromatic rings. The molecule has 0 aliphatic carbocycles. The van der Waals surface area contributed by atoms with Crippen molar-refractivity contribution in [1.29, 1.82) is 0 Å². The molecule has 1 atom stereocenters. The van der Waals surface area contributed by atoms with Crippen molar-refractivity contribution in [1.82, 2.24) is 9.55 Å². The highest BCUT2D eigenvalue weighted by Gasteiger charge is 2.34. The summed E-state index contributed by atoms with van der Waals surface area (Å²) in [6, 6.07) is 9.37. The number of benzene rings is 2. The molecule has 8 heteroatoms. The first kappa shape index (κ1) is 24.3. The van der Waals surface area contributed by atoms with Crippen LogP contribution in [0.3, 0.4) is 0 Å². The summed E-state index contributed by atoms with van der Waals surface area (Å²) in [4.78, 5) is 30.9. The normalized spacial score (nSPS) is 14.2. The molecule has 3 heterocycles. The Balaban J connectivity index is 1.99. The number of hydrogen-bond donors (Lipinski definition) is 1. The predicted molar refractivity (Wildman–Crippen MR) is 140 cm³/mol. The summed E-state index contributed by atoms with van der Waals surface area (Å²) in [5.74, 6) is -0.467. The fourth-order valence-corrected chi connectivity index (χ4v) is 5.20. The molecule has 2 aromatic carbocycles. The lowest BCUT2D eigenvalue weighted by molar-refractivity contribution is -0.161. The van der Waals surface area contributed by atoms with E-state index in [0.717, 1.165) is 28.7 Å². The van der Waals surface area contributed by atoms with Gasteiger partial charge in [0.25, 0.3) is 5.56 Å². The molecule has 36 heavy (non-hydrogen) atoms. The van der Waals surface area contributed by atoms with E-state index in [9.17, 15) is 14.7 Å². The highest BCUT2D eigenvalue weighted by Crippen LogP contribution is 2.44. The molecule has 0 unspecified atom stereocenters. The smallest absolute Gasteiger partial charge is 0.339 e. The van der Waals surface area contributed by atoms with Crippen molar-refractivity contribution in [2.45, 2.75) is 45.8 Å². The molecule has 0 fully saturated rings. The van der Waals surface area contributed by atoms with Crippen LogP contribution in [0.5, 0.6) is 5.75 Å². The van der Waals surface area contributed by atoms with Gasteiger partial charge < -0.3 is 19.1 Å². The van der Waals surface area contributed by atoms with Crippen molar-refractivity contribution in [3.05, 3.63) is 68.7 Å². The Morgan fingerprint density at radius 2 is 1.94 bits per heavy atom. The number of aryl methyl sites for hydroxylation is 1. The van der Waals surface area contributed by atoms with Crippen molar-refractivity contribution >= 4 is 39.2 Å². The third-order valence-electron chi connectivity index (χ3n) is 6.52. The molecule has 0 saturated carbocycles. The van der Waals surface area contributed by atoms with Gasteiger partial charge in [0.2, 0.25) is 0 Å². The van der Waals surface area contributed by atoms with E-state index in [0.29, 0.717) is 39.0 Å². The number of nitrogens with zero attached hydrogens (tertiary/aromatic N) is 2. The van der Waals surface area contributed by atoms with E-state index in [1.165, 1.54) is 4.57 Å². The SMILES string of the molecule is Cc1ccc2c(-c3ccc4c5c(ccnc35)CCO4)c([C@@H](OC(C)(C)C)C(=O)O)n(C)c(=O)c2c1Cl. The van der Waals surface area contributed by atoms with Crippen molar-refractivity contribution in [3.63, 3.8) is 0 Å². The zero-order valence-electron chi connectivity index (χ0n) is 20.8. The van der Waals surface area contributed by atoms with Crippen LogP contribution in [0.15, 0.2) is 41.3 Å². The summed E-state index contributed by atoms with van der Waals surface area (Å²) in [6.07, 6.45) is 1.08. The lowest BCUT2D eigenvalue weighted by Gasteiger charge is -2.29. The quantitative estimate of drug-likeness (QED) is 0.388. The van der Waals surface area contributed by atoms with E-state index in [1.54, 1.807) is 34.0 Å². The molecule has 7 nitrogen and oxygen atoms in total. The zero-order chi connectivity index (χ0) is 25.9. The number of carboxylic acid groups (broad SMARTS) is 1. The van der Waals surface area contributed by atoms with Crippen LogP contribution < -0.4 is 10.3 Å². The average molecular weight is 507 g/mol. The van der Waals surface area contributed by atoms with Crippen LogP contribution in [0.1, 0.15) is 43.7 Å². The summed E-state index contributed by atoms with van der Waals surface area (Å²) < 4.78 is 13.3. The minimum atomic E-state index is -1.41. The number of ether oxygens (including phenoxy) is 2. The van der Waals surface area contributed by atoms with Gasteiger partial charge >= 0.3 is 5.97 Å². The third-order valence-corrected chi connectivity index (χ3v) is 7.01. The molecule has 186 valence electrons. The largest absolute Gasteiger partial charge is 0.493 e. The van der Waals surface area contributed by atoms with Crippen LogP contribution >= 0.6 is 11.6 Å². The number of carboxylic acids is 1. The van der Waals surface area contributed by atoms with Crippen LogP contribution in [0.4, 0.5) is 0 Å². The number of aliphatic carboxylic acids is 1. The predicted octanol–water partition coefficient (Wildman–Crippen LogP) is 5.59. The van der Waals surface area contributed by atoms with Crippen molar-refractivity contribution < 1.29 is 19.4 Å². The van der Waals surface area contributed by atoms with Crippen LogP contribution in [0.2, 0.25) is 5.02 Å². The first-order valence-corrected chi connectivity index (χ1v) is 12.1. The van der Waals surface area contributed by atoms with Crippen LogP contribution in [-0.4, -0.2) is 32.8 Å². The highest BCUT2D eigenvalue weighted by molar-refractivity contribution is 6.36. The Morgan fingerprint density at radius 3 is 2.64 bits per heavy atom.